The Morgan fingerprint density at radius 2 is 1.87 bits per heavy atom. The second kappa shape index (κ2) is 11.1. The first kappa shape index (κ1) is 23.1. The first-order valence-corrected chi connectivity index (χ1v) is 11.3. The first-order chi connectivity index (χ1) is 14.9. The zero-order chi connectivity index (χ0) is 22.2. The number of nitrogens with one attached hydrogen (secondary N) is 1. The Morgan fingerprint density at radius 1 is 1.10 bits per heavy atom. The number of nitrogens with zero attached hydrogens (tertiary/aromatic N) is 2. The molecule has 164 valence electrons. The molecule has 2 heterocycles. The van der Waals surface area contributed by atoms with E-state index < -0.39 is 0 Å². The Morgan fingerprint density at radius 3 is 2.55 bits per heavy atom. The van der Waals surface area contributed by atoms with Crippen LogP contribution in [0.3, 0.4) is 0 Å². The average Bonchev–Trinajstić information content (AvgIpc) is 3.44. The van der Waals surface area contributed by atoms with Gasteiger partial charge in [-0.1, -0.05) is 24.6 Å². The average molecular weight is 460 g/mol. The van der Waals surface area contributed by atoms with E-state index >= 15 is 0 Å². The summed E-state index contributed by atoms with van der Waals surface area (Å²) in [6, 6.07) is 15.1. The molecule has 31 heavy (non-hydrogen) atoms. The zero-order valence-electron chi connectivity index (χ0n) is 17.6. The van der Waals surface area contributed by atoms with Crippen molar-refractivity contribution in [2.24, 2.45) is 0 Å². The van der Waals surface area contributed by atoms with Crippen LogP contribution in [0.25, 0.3) is 11.3 Å². The molecule has 1 N–H and O–H groups in total. The van der Waals surface area contributed by atoms with Crippen molar-refractivity contribution in [3.63, 3.8) is 0 Å². The van der Waals surface area contributed by atoms with Crippen LogP contribution in [0.2, 0.25) is 5.02 Å². The van der Waals surface area contributed by atoms with Crippen LogP contribution in [0.4, 0.5) is 0 Å². The standard InChI is InChI=1S/C23H26ClN3O3S/c1-3-27(15-22(28)25-13-20-5-4-12-31-20)16-23(29)26(2)14-19-10-11-21(30-19)17-6-8-18(24)9-7-17/h4-12H,3,13-16H2,1-2H3,(H,25,28). The summed E-state index contributed by atoms with van der Waals surface area (Å²) >= 11 is 7.53. The zero-order valence-corrected chi connectivity index (χ0v) is 19.2. The second-order valence-corrected chi connectivity index (χ2v) is 8.65. The molecule has 0 spiro atoms. The number of hydrogen-bond acceptors (Lipinski definition) is 5. The molecule has 0 saturated carbocycles. The number of benzene rings is 1. The molecule has 8 heteroatoms. The fourth-order valence-corrected chi connectivity index (χ4v) is 3.77. The van der Waals surface area contributed by atoms with Crippen molar-refractivity contribution in [3.8, 4) is 11.3 Å². The minimum absolute atomic E-state index is 0.0719. The van der Waals surface area contributed by atoms with E-state index in [0.717, 1.165) is 16.2 Å². The second-order valence-electron chi connectivity index (χ2n) is 7.18. The Labute approximate surface area is 191 Å². The molecule has 0 aliphatic rings. The number of hydrogen-bond donors (Lipinski definition) is 1. The maximum atomic E-state index is 12.7. The van der Waals surface area contributed by atoms with Crippen molar-refractivity contribution in [1.29, 1.82) is 0 Å². The Bertz CT molecular complexity index is 986. The molecule has 6 nitrogen and oxygen atoms in total. The van der Waals surface area contributed by atoms with Gasteiger partial charge >= 0.3 is 0 Å². The number of thiophene rings is 1. The molecule has 0 aliphatic heterocycles. The summed E-state index contributed by atoms with van der Waals surface area (Å²) in [6.45, 7) is 3.76. The molecule has 0 atom stereocenters. The van der Waals surface area contributed by atoms with Gasteiger partial charge in [-0.3, -0.25) is 14.5 Å². The van der Waals surface area contributed by atoms with Gasteiger partial charge in [0.15, 0.2) is 0 Å². The number of carbonyl (C=O) groups excluding carboxylic acids is 2. The molecule has 0 fully saturated rings. The minimum atomic E-state index is -0.0932. The van der Waals surface area contributed by atoms with Gasteiger partial charge in [-0.15, -0.1) is 11.3 Å². The fourth-order valence-electron chi connectivity index (χ4n) is 3.00. The van der Waals surface area contributed by atoms with Gasteiger partial charge in [0.1, 0.15) is 11.5 Å². The highest BCUT2D eigenvalue weighted by Gasteiger charge is 2.17. The van der Waals surface area contributed by atoms with Crippen molar-refractivity contribution in [2.75, 3.05) is 26.7 Å². The first-order valence-electron chi connectivity index (χ1n) is 10.0. The summed E-state index contributed by atoms with van der Waals surface area (Å²) in [5.41, 5.74) is 0.926. The SMILES string of the molecule is CCN(CC(=O)NCc1cccs1)CC(=O)N(C)Cc1ccc(-c2ccc(Cl)cc2)o1. The summed E-state index contributed by atoms with van der Waals surface area (Å²) in [5, 5.41) is 5.54. The van der Waals surface area contributed by atoms with E-state index in [4.69, 9.17) is 16.0 Å². The molecule has 3 rings (SSSR count). The highest BCUT2D eigenvalue weighted by Crippen LogP contribution is 2.24. The van der Waals surface area contributed by atoms with Crippen molar-refractivity contribution in [3.05, 3.63) is 69.6 Å². The third kappa shape index (κ3) is 6.95. The highest BCUT2D eigenvalue weighted by molar-refractivity contribution is 7.09. The number of carbonyl (C=O) groups is 2. The molecule has 0 radical (unpaired) electrons. The summed E-state index contributed by atoms with van der Waals surface area (Å²) in [4.78, 5) is 29.4. The maximum absolute atomic E-state index is 12.7. The number of halogens is 1. The quantitative estimate of drug-likeness (QED) is 0.492. The molecule has 0 bridgehead atoms. The van der Waals surface area contributed by atoms with Gasteiger partial charge in [-0.05, 0) is 54.4 Å². The number of likely N-dealkylation sites (N-methyl/N-ethyl adjacent to an activating group) is 2. The predicted octanol–water partition coefficient (Wildman–Crippen LogP) is 4.26. The van der Waals surface area contributed by atoms with Crippen molar-refractivity contribution < 1.29 is 14.0 Å². The van der Waals surface area contributed by atoms with Crippen LogP contribution in [0.1, 0.15) is 17.6 Å². The molecular formula is C23H26ClN3O3S. The normalized spacial score (nSPS) is 11.0. The monoisotopic (exact) mass is 459 g/mol. The maximum Gasteiger partial charge on any atom is 0.236 e. The van der Waals surface area contributed by atoms with E-state index in [-0.39, 0.29) is 24.9 Å². The van der Waals surface area contributed by atoms with E-state index in [1.54, 1.807) is 23.3 Å². The summed E-state index contributed by atoms with van der Waals surface area (Å²) in [6.07, 6.45) is 0. The molecule has 0 saturated heterocycles. The Hall–Kier alpha value is -2.61. The molecular weight excluding hydrogens is 434 g/mol. The van der Waals surface area contributed by atoms with E-state index in [1.165, 1.54) is 0 Å². The van der Waals surface area contributed by atoms with Gasteiger partial charge in [0.25, 0.3) is 0 Å². The third-order valence-electron chi connectivity index (χ3n) is 4.82. The van der Waals surface area contributed by atoms with E-state index in [9.17, 15) is 9.59 Å². The van der Waals surface area contributed by atoms with Crippen LogP contribution >= 0.6 is 22.9 Å². The van der Waals surface area contributed by atoms with Crippen LogP contribution in [-0.4, -0.2) is 48.3 Å². The van der Waals surface area contributed by atoms with Gasteiger partial charge in [0, 0.05) is 22.5 Å². The highest BCUT2D eigenvalue weighted by atomic mass is 35.5. The van der Waals surface area contributed by atoms with E-state index in [0.29, 0.717) is 30.4 Å². The number of furan rings is 1. The Balaban J connectivity index is 1.48. The summed E-state index contributed by atoms with van der Waals surface area (Å²) < 4.78 is 5.88. The van der Waals surface area contributed by atoms with Gasteiger partial charge in [0.05, 0.1) is 26.2 Å². The van der Waals surface area contributed by atoms with Crippen LogP contribution in [-0.2, 0) is 22.7 Å². The van der Waals surface area contributed by atoms with E-state index in [2.05, 4.69) is 5.32 Å². The molecule has 2 aromatic heterocycles. The lowest BCUT2D eigenvalue weighted by atomic mass is 10.2. The molecule has 2 amide bonds. The number of amides is 2. The minimum Gasteiger partial charge on any atom is -0.459 e. The van der Waals surface area contributed by atoms with Crippen LogP contribution in [0.5, 0.6) is 0 Å². The lowest BCUT2D eigenvalue weighted by Crippen LogP contribution is -2.43. The smallest absolute Gasteiger partial charge is 0.236 e. The number of rotatable bonds is 10. The molecule has 1 aromatic carbocycles. The lowest BCUT2D eigenvalue weighted by Gasteiger charge is -2.23. The van der Waals surface area contributed by atoms with Gasteiger partial charge in [-0.2, -0.15) is 0 Å². The summed E-state index contributed by atoms with van der Waals surface area (Å²) in [5.74, 6) is 1.25. The van der Waals surface area contributed by atoms with Crippen molar-refractivity contribution >= 4 is 34.8 Å². The van der Waals surface area contributed by atoms with Crippen LogP contribution in [0, 0.1) is 0 Å². The largest absolute Gasteiger partial charge is 0.459 e. The molecule has 0 unspecified atom stereocenters. The third-order valence-corrected chi connectivity index (χ3v) is 5.95. The van der Waals surface area contributed by atoms with Crippen LogP contribution in [0.15, 0.2) is 58.3 Å². The Kier molecular flexibility index (Phi) is 8.28. The van der Waals surface area contributed by atoms with Crippen molar-refractivity contribution in [1.82, 2.24) is 15.1 Å². The van der Waals surface area contributed by atoms with Crippen LogP contribution < -0.4 is 5.32 Å². The fraction of sp³-hybridized carbons (Fsp3) is 0.304. The van der Waals surface area contributed by atoms with Gasteiger partial charge < -0.3 is 14.6 Å². The molecule has 0 aliphatic carbocycles. The summed E-state index contributed by atoms with van der Waals surface area (Å²) in [7, 11) is 1.73. The topological polar surface area (TPSA) is 65.8 Å². The van der Waals surface area contributed by atoms with Crippen molar-refractivity contribution in [2.45, 2.75) is 20.0 Å². The van der Waals surface area contributed by atoms with Gasteiger partial charge in [-0.25, -0.2) is 0 Å². The lowest BCUT2D eigenvalue weighted by molar-refractivity contribution is -0.132. The predicted molar refractivity (Wildman–Crippen MR) is 124 cm³/mol. The molecule has 3 aromatic rings. The van der Waals surface area contributed by atoms with E-state index in [1.807, 2.05) is 65.7 Å². The van der Waals surface area contributed by atoms with Gasteiger partial charge in [0.2, 0.25) is 11.8 Å².